The largest absolute Gasteiger partial charge is 0.460 e. The highest BCUT2D eigenvalue weighted by atomic mass is 16.5. The number of carbonyl (C=O) groups is 2. The van der Waals surface area contributed by atoms with Crippen molar-refractivity contribution in [3.05, 3.63) is 87.8 Å². The number of nitrogens with zero attached hydrogens (tertiary/aromatic N) is 4. The Balaban J connectivity index is 0.000000162. The number of esters is 2. The number of pyridine rings is 1. The average molecular weight is 584 g/mol. The monoisotopic (exact) mass is 583 g/mol. The van der Waals surface area contributed by atoms with E-state index >= 15 is 0 Å². The van der Waals surface area contributed by atoms with Crippen molar-refractivity contribution in [1.29, 1.82) is 0 Å². The van der Waals surface area contributed by atoms with E-state index in [2.05, 4.69) is 21.4 Å². The van der Waals surface area contributed by atoms with Crippen LogP contribution in [-0.2, 0) is 41.7 Å². The van der Waals surface area contributed by atoms with Crippen molar-refractivity contribution in [3.8, 4) is 22.5 Å². The van der Waals surface area contributed by atoms with E-state index < -0.39 is 11.9 Å². The lowest BCUT2D eigenvalue weighted by Crippen LogP contribution is -2.05. The number of fused-ring (bicyclic) bond motifs is 6. The molecule has 0 fully saturated rings. The van der Waals surface area contributed by atoms with Crippen LogP contribution in [0.3, 0.4) is 0 Å². The van der Waals surface area contributed by atoms with Gasteiger partial charge in [-0.1, -0.05) is 6.07 Å². The lowest BCUT2D eigenvalue weighted by Gasteiger charge is -2.09. The van der Waals surface area contributed by atoms with Crippen LogP contribution in [0.25, 0.3) is 22.5 Å². The number of ether oxygens (including phenoxy) is 2. The molecule has 2 aliphatic rings. The van der Waals surface area contributed by atoms with Crippen LogP contribution in [0.4, 0.5) is 0 Å². The van der Waals surface area contributed by atoms with Gasteiger partial charge in [-0.3, -0.25) is 14.8 Å². The van der Waals surface area contributed by atoms with Gasteiger partial charge in [-0.25, -0.2) is 9.59 Å². The Morgan fingerprint density at radius 3 is 2.21 bits per heavy atom. The Bertz CT molecular complexity index is 1790. The number of carbonyl (C=O) groups excluding carboxylic acids is 2. The van der Waals surface area contributed by atoms with Crippen LogP contribution in [0.1, 0.15) is 74.4 Å². The summed E-state index contributed by atoms with van der Waals surface area (Å²) in [6.45, 7) is 8.62. The number of aryl methyl sites for hydroxylation is 4. The molecule has 11 heteroatoms. The number of furan rings is 2. The number of aromatic amines is 1. The van der Waals surface area contributed by atoms with Crippen LogP contribution in [-0.4, -0.2) is 50.1 Å². The molecular formula is C32H33N5O6. The van der Waals surface area contributed by atoms with Crippen molar-refractivity contribution in [2.75, 3.05) is 13.2 Å². The molecule has 0 aliphatic heterocycles. The summed E-state index contributed by atoms with van der Waals surface area (Å²) >= 11 is 0. The van der Waals surface area contributed by atoms with E-state index in [-0.39, 0.29) is 0 Å². The van der Waals surface area contributed by atoms with Gasteiger partial charge in [-0.2, -0.15) is 10.2 Å². The molecule has 11 nitrogen and oxygen atoms in total. The second-order valence-electron chi connectivity index (χ2n) is 10.4. The Hall–Kier alpha value is -4.93. The van der Waals surface area contributed by atoms with E-state index in [4.69, 9.17) is 23.4 Å². The summed E-state index contributed by atoms with van der Waals surface area (Å²) < 4.78 is 23.4. The fourth-order valence-electron chi connectivity index (χ4n) is 5.73. The maximum absolute atomic E-state index is 12.1. The van der Waals surface area contributed by atoms with Crippen molar-refractivity contribution < 1.29 is 27.9 Å². The number of hydrogen-bond acceptors (Lipinski definition) is 9. The summed E-state index contributed by atoms with van der Waals surface area (Å²) in [5.74, 6) is 1.45. The first-order valence-corrected chi connectivity index (χ1v) is 14.5. The molecule has 0 radical (unpaired) electrons. The summed E-state index contributed by atoms with van der Waals surface area (Å²) in [7, 11) is 0. The molecule has 43 heavy (non-hydrogen) atoms. The number of aromatic nitrogens is 5. The van der Waals surface area contributed by atoms with Gasteiger partial charge in [0.25, 0.3) is 0 Å². The van der Waals surface area contributed by atoms with Gasteiger partial charge in [0.15, 0.2) is 0 Å². The quantitative estimate of drug-likeness (QED) is 0.260. The van der Waals surface area contributed by atoms with Gasteiger partial charge in [-0.15, -0.1) is 0 Å². The number of H-pyrrole nitrogens is 1. The molecule has 7 rings (SSSR count). The SMILES string of the molecule is CCOC(=O)c1oc2c(c1C)-c1[nH]ncc1CC2.CCOC(=O)c1oc2c(c1C)-c1nn(Cc3ccccn3)cc1CC2. The first-order chi connectivity index (χ1) is 20.9. The zero-order chi connectivity index (χ0) is 30.1. The van der Waals surface area contributed by atoms with Gasteiger partial charge < -0.3 is 18.3 Å². The predicted octanol–water partition coefficient (Wildman–Crippen LogP) is 5.42. The van der Waals surface area contributed by atoms with E-state index in [0.717, 1.165) is 76.5 Å². The Morgan fingerprint density at radius 2 is 1.56 bits per heavy atom. The van der Waals surface area contributed by atoms with Gasteiger partial charge in [0.1, 0.15) is 11.5 Å². The Morgan fingerprint density at radius 1 is 0.907 bits per heavy atom. The molecule has 0 saturated heterocycles. The van der Waals surface area contributed by atoms with Gasteiger partial charge in [0.2, 0.25) is 11.5 Å². The molecule has 0 spiro atoms. The number of nitrogens with one attached hydrogen (secondary N) is 1. The van der Waals surface area contributed by atoms with Crippen molar-refractivity contribution in [1.82, 2.24) is 25.0 Å². The molecule has 1 N–H and O–H groups in total. The molecule has 2 aliphatic carbocycles. The third kappa shape index (κ3) is 5.26. The second kappa shape index (κ2) is 11.7. The van der Waals surface area contributed by atoms with Crippen LogP contribution < -0.4 is 0 Å². The molecular weight excluding hydrogens is 550 g/mol. The summed E-state index contributed by atoms with van der Waals surface area (Å²) in [5, 5.41) is 11.8. The zero-order valence-corrected chi connectivity index (χ0v) is 24.7. The molecule has 5 aromatic heterocycles. The van der Waals surface area contributed by atoms with E-state index in [0.29, 0.717) is 31.3 Å². The molecule has 0 atom stereocenters. The lowest BCUT2D eigenvalue weighted by atomic mass is 9.94. The smallest absolute Gasteiger partial charge is 0.374 e. The first-order valence-electron chi connectivity index (χ1n) is 14.5. The van der Waals surface area contributed by atoms with Gasteiger partial charge >= 0.3 is 11.9 Å². The van der Waals surface area contributed by atoms with Crippen molar-refractivity contribution in [2.45, 2.75) is 59.9 Å². The molecule has 5 heterocycles. The van der Waals surface area contributed by atoms with Gasteiger partial charge in [0.05, 0.1) is 43.0 Å². The van der Waals surface area contributed by atoms with Crippen molar-refractivity contribution >= 4 is 11.9 Å². The third-order valence-electron chi connectivity index (χ3n) is 7.70. The average Bonchev–Trinajstić information content (AvgIpc) is 3.78. The minimum absolute atomic E-state index is 0.291. The van der Waals surface area contributed by atoms with Gasteiger partial charge in [-0.05, 0) is 63.8 Å². The summed E-state index contributed by atoms with van der Waals surface area (Å²) in [4.78, 5) is 28.2. The van der Waals surface area contributed by atoms with Crippen LogP contribution in [0, 0.1) is 13.8 Å². The van der Waals surface area contributed by atoms with Crippen molar-refractivity contribution in [2.24, 2.45) is 0 Å². The molecule has 5 aromatic rings. The third-order valence-corrected chi connectivity index (χ3v) is 7.70. The van der Waals surface area contributed by atoms with Crippen LogP contribution in [0.2, 0.25) is 0 Å². The van der Waals surface area contributed by atoms with E-state index in [1.54, 1.807) is 20.0 Å². The summed E-state index contributed by atoms with van der Waals surface area (Å²) in [6, 6.07) is 5.85. The topological polar surface area (TPSA) is 138 Å². The predicted molar refractivity (Wildman–Crippen MR) is 156 cm³/mol. The highest BCUT2D eigenvalue weighted by molar-refractivity contribution is 5.92. The molecule has 222 valence electrons. The molecule has 0 bridgehead atoms. The molecule has 0 unspecified atom stereocenters. The van der Waals surface area contributed by atoms with Gasteiger partial charge in [0, 0.05) is 47.5 Å². The normalized spacial score (nSPS) is 12.7. The van der Waals surface area contributed by atoms with Crippen molar-refractivity contribution in [3.63, 3.8) is 0 Å². The van der Waals surface area contributed by atoms with E-state index in [1.165, 1.54) is 11.1 Å². The molecule has 0 aromatic carbocycles. The maximum Gasteiger partial charge on any atom is 0.374 e. The summed E-state index contributed by atoms with van der Waals surface area (Å²) in [5.41, 5.74) is 8.69. The second-order valence-corrected chi connectivity index (χ2v) is 10.4. The lowest BCUT2D eigenvalue weighted by molar-refractivity contribution is 0.0478. The molecule has 0 saturated carbocycles. The minimum Gasteiger partial charge on any atom is -0.460 e. The minimum atomic E-state index is -0.413. The van der Waals surface area contributed by atoms with E-state index in [9.17, 15) is 9.59 Å². The first kappa shape index (κ1) is 28.2. The fourth-order valence-corrected chi connectivity index (χ4v) is 5.73. The van der Waals surface area contributed by atoms with Crippen LogP contribution in [0.5, 0.6) is 0 Å². The fraction of sp³-hybridized carbons (Fsp3) is 0.344. The number of hydrogen-bond donors (Lipinski definition) is 1. The standard InChI is InChI=1S/C19H19N3O3.C13H14N2O3/c1-3-24-19(23)18-12(2)16-15(25-18)8-7-13-10-22(21-17(13)16)11-14-6-4-5-9-20-14;1-3-17-13(16)12-7(2)10-9(18-12)5-4-8-6-14-15-11(8)10/h4-6,9-10H,3,7-8,11H2,1-2H3;6H,3-5H2,1-2H3,(H,14,15). The highest BCUT2D eigenvalue weighted by Gasteiger charge is 2.31. The van der Waals surface area contributed by atoms with E-state index in [1.807, 2.05) is 42.9 Å². The molecule has 0 amide bonds. The van der Waals surface area contributed by atoms with Crippen LogP contribution in [0.15, 0.2) is 45.6 Å². The Labute approximate surface area is 248 Å². The maximum atomic E-state index is 12.1. The number of rotatable bonds is 6. The summed E-state index contributed by atoms with van der Waals surface area (Å²) in [6.07, 6.45) is 8.95. The zero-order valence-electron chi connectivity index (χ0n) is 24.7. The van der Waals surface area contributed by atoms with Crippen LogP contribution >= 0.6 is 0 Å². The Kier molecular flexibility index (Phi) is 7.71. The highest BCUT2D eigenvalue weighted by Crippen LogP contribution is 2.39.